The van der Waals surface area contributed by atoms with Crippen molar-refractivity contribution in [3.05, 3.63) is 36.4 Å². The average Bonchev–Trinajstić information content (AvgIpc) is 3.43. The Bertz CT molecular complexity index is 1420. The minimum absolute atomic E-state index is 0.00943. The van der Waals surface area contributed by atoms with Gasteiger partial charge in [0.1, 0.15) is 16.0 Å². The molecule has 1 amide bonds. The van der Waals surface area contributed by atoms with Crippen LogP contribution in [0.3, 0.4) is 0 Å². The van der Waals surface area contributed by atoms with Gasteiger partial charge in [-0.3, -0.25) is 9.59 Å². The largest absolute Gasteiger partial charge is 0.427 e. The Kier molecular flexibility index (Phi) is 9.62. The van der Waals surface area contributed by atoms with Crippen molar-refractivity contribution in [3.63, 3.8) is 0 Å². The van der Waals surface area contributed by atoms with Gasteiger partial charge in [0.2, 0.25) is 0 Å². The summed E-state index contributed by atoms with van der Waals surface area (Å²) >= 11 is 1.01. The van der Waals surface area contributed by atoms with Crippen LogP contribution in [0.4, 0.5) is 0 Å². The number of nitrogens with one attached hydrogen (secondary N) is 1. The van der Waals surface area contributed by atoms with Crippen molar-refractivity contribution in [1.82, 2.24) is 18.4 Å². The molecule has 2 aliphatic heterocycles. The number of piperazine rings is 1. The molecular formula is C24H32N4O9S3. The SMILES string of the molecule is CC(=O)Oc1ccc(-c2ccc(S(=O)(=O)N3CCN(S(=O)(=O)N(C)C)C[C@@H]3C(=O)NOC3CCCCO3)s2)cc1. The number of rotatable bonds is 9. The molecular weight excluding hydrogens is 584 g/mol. The molecule has 1 aromatic heterocycles. The van der Waals surface area contributed by atoms with Crippen molar-refractivity contribution in [3.8, 4) is 16.2 Å². The predicted molar refractivity (Wildman–Crippen MR) is 146 cm³/mol. The third-order valence-corrected chi connectivity index (χ3v) is 11.8. The monoisotopic (exact) mass is 616 g/mol. The van der Waals surface area contributed by atoms with E-state index in [1.807, 2.05) is 0 Å². The van der Waals surface area contributed by atoms with E-state index in [4.69, 9.17) is 14.3 Å². The summed E-state index contributed by atoms with van der Waals surface area (Å²) in [4.78, 5) is 30.4. The minimum Gasteiger partial charge on any atom is -0.427 e. The Morgan fingerprint density at radius 2 is 1.77 bits per heavy atom. The van der Waals surface area contributed by atoms with Crippen LogP contribution in [0.15, 0.2) is 40.6 Å². The fourth-order valence-electron chi connectivity index (χ4n) is 4.26. The lowest BCUT2D eigenvalue weighted by Gasteiger charge is -2.39. The van der Waals surface area contributed by atoms with E-state index in [0.29, 0.717) is 29.2 Å². The van der Waals surface area contributed by atoms with Gasteiger partial charge in [-0.1, -0.05) is 0 Å². The molecule has 16 heteroatoms. The first-order chi connectivity index (χ1) is 18.9. The van der Waals surface area contributed by atoms with Gasteiger partial charge in [-0.15, -0.1) is 11.3 Å². The fraction of sp³-hybridized carbons (Fsp3) is 0.500. The Morgan fingerprint density at radius 3 is 2.40 bits per heavy atom. The number of hydroxylamine groups is 1. The number of hydrogen-bond donors (Lipinski definition) is 1. The summed E-state index contributed by atoms with van der Waals surface area (Å²) in [5, 5.41) is 0. The molecule has 2 fully saturated rings. The van der Waals surface area contributed by atoms with Crippen LogP contribution in [0.5, 0.6) is 5.75 Å². The lowest BCUT2D eigenvalue weighted by molar-refractivity contribution is -0.202. The van der Waals surface area contributed by atoms with E-state index in [1.165, 1.54) is 27.1 Å². The molecule has 0 spiro atoms. The van der Waals surface area contributed by atoms with Crippen LogP contribution in [0.1, 0.15) is 26.2 Å². The molecule has 2 saturated heterocycles. The Labute approximate surface area is 237 Å². The third kappa shape index (κ3) is 6.88. The van der Waals surface area contributed by atoms with Crippen molar-refractivity contribution >= 4 is 43.4 Å². The van der Waals surface area contributed by atoms with E-state index in [2.05, 4.69) is 5.48 Å². The molecule has 13 nitrogen and oxygen atoms in total. The Morgan fingerprint density at radius 1 is 1.05 bits per heavy atom. The molecule has 1 unspecified atom stereocenters. The number of sulfonamides is 1. The molecule has 2 aromatic rings. The van der Waals surface area contributed by atoms with Crippen LogP contribution in [-0.4, -0.2) is 94.3 Å². The van der Waals surface area contributed by atoms with Gasteiger partial charge in [0.25, 0.3) is 26.1 Å². The van der Waals surface area contributed by atoms with Crippen molar-refractivity contribution in [2.24, 2.45) is 0 Å². The quantitative estimate of drug-likeness (QED) is 0.250. The summed E-state index contributed by atoms with van der Waals surface area (Å²) in [5.74, 6) is -0.888. The van der Waals surface area contributed by atoms with Crippen molar-refractivity contribution < 1.29 is 40.7 Å². The normalized spacial score (nSPS) is 21.3. The molecule has 0 bridgehead atoms. The van der Waals surface area contributed by atoms with Crippen LogP contribution in [0.2, 0.25) is 0 Å². The topological polar surface area (TPSA) is 152 Å². The maximum atomic E-state index is 13.8. The highest BCUT2D eigenvalue weighted by molar-refractivity contribution is 7.91. The Balaban J connectivity index is 1.57. The molecule has 1 aromatic carbocycles. The molecule has 2 atom stereocenters. The molecule has 0 aliphatic carbocycles. The molecule has 40 heavy (non-hydrogen) atoms. The second kappa shape index (κ2) is 12.6. The van der Waals surface area contributed by atoms with E-state index < -0.39 is 51.0 Å². The summed E-state index contributed by atoms with van der Waals surface area (Å²) in [5.41, 5.74) is 3.00. The van der Waals surface area contributed by atoms with E-state index in [-0.39, 0.29) is 17.3 Å². The number of hydrogen-bond acceptors (Lipinski definition) is 10. The first-order valence-corrected chi connectivity index (χ1v) is 16.2. The minimum atomic E-state index is -4.20. The predicted octanol–water partition coefficient (Wildman–Crippen LogP) is 1.40. The zero-order valence-electron chi connectivity index (χ0n) is 22.3. The lowest BCUT2D eigenvalue weighted by atomic mass is 10.2. The average molecular weight is 617 g/mol. The smallest absolute Gasteiger partial charge is 0.308 e. The van der Waals surface area contributed by atoms with Crippen LogP contribution < -0.4 is 10.2 Å². The molecule has 220 valence electrons. The molecule has 3 heterocycles. The summed E-state index contributed by atoms with van der Waals surface area (Å²) in [6, 6.07) is 8.31. The van der Waals surface area contributed by atoms with Crippen LogP contribution in [-0.2, 0) is 39.4 Å². The van der Waals surface area contributed by atoms with E-state index in [1.54, 1.807) is 30.3 Å². The van der Waals surface area contributed by atoms with Crippen LogP contribution in [0.25, 0.3) is 10.4 Å². The molecule has 0 radical (unpaired) electrons. The highest BCUT2D eigenvalue weighted by atomic mass is 32.2. The van der Waals surface area contributed by atoms with Crippen molar-refractivity contribution in [2.45, 2.75) is 42.7 Å². The van der Waals surface area contributed by atoms with E-state index in [9.17, 15) is 26.4 Å². The third-order valence-electron chi connectivity index (χ3n) is 6.36. The second-order valence-electron chi connectivity index (χ2n) is 9.40. The van der Waals surface area contributed by atoms with Gasteiger partial charge in [-0.25, -0.2) is 18.7 Å². The maximum Gasteiger partial charge on any atom is 0.308 e. The fourth-order valence-corrected chi connectivity index (χ4v) is 8.38. The standard InChI is InChI=1S/C24H32N4O9S3/c1-17(29)36-19-9-7-18(8-10-19)21-11-12-23(38-21)39(31,32)28-14-13-27(40(33,34)26(2)3)16-20(28)24(30)25-37-22-6-4-5-15-35-22/h7-12,20,22H,4-6,13-16H2,1-3H3,(H,25,30)/t20-,22?/m1/s1. The van der Waals surface area contributed by atoms with Gasteiger partial charge in [0.15, 0.2) is 6.29 Å². The van der Waals surface area contributed by atoms with Gasteiger partial charge < -0.3 is 9.47 Å². The molecule has 2 aliphatic rings. The Hall–Kier alpha value is -2.44. The maximum absolute atomic E-state index is 13.8. The van der Waals surface area contributed by atoms with Gasteiger partial charge in [0.05, 0.1) is 0 Å². The summed E-state index contributed by atoms with van der Waals surface area (Å²) in [6.07, 6.45) is 1.62. The summed E-state index contributed by atoms with van der Waals surface area (Å²) < 4.78 is 66.7. The molecule has 1 N–H and O–H groups in total. The number of carbonyl (C=O) groups is 2. The zero-order valence-corrected chi connectivity index (χ0v) is 24.8. The summed E-state index contributed by atoms with van der Waals surface area (Å²) in [7, 11) is -5.38. The van der Waals surface area contributed by atoms with E-state index >= 15 is 0 Å². The number of esters is 1. The number of carbonyl (C=O) groups excluding carboxylic acids is 2. The van der Waals surface area contributed by atoms with Crippen molar-refractivity contribution in [1.29, 1.82) is 0 Å². The lowest BCUT2D eigenvalue weighted by Crippen LogP contribution is -2.62. The van der Waals surface area contributed by atoms with Gasteiger partial charge in [-0.05, 0) is 54.8 Å². The number of nitrogens with zero attached hydrogens (tertiary/aromatic N) is 3. The highest BCUT2D eigenvalue weighted by Gasteiger charge is 2.44. The van der Waals surface area contributed by atoms with Gasteiger partial charge >= 0.3 is 5.97 Å². The zero-order chi connectivity index (χ0) is 29.1. The highest BCUT2D eigenvalue weighted by Crippen LogP contribution is 2.34. The number of thiophene rings is 1. The van der Waals surface area contributed by atoms with Crippen LogP contribution >= 0.6 is 11.3 Å². The first-order valence-electron chi connectivity index (χ1n) is 12.5. The molecule has 0 saturated carbocycles. The van der Waals surface area contributed by atoms with E-state index in [0.717, 1.165) is 37.1 Å². The van der Waals surface area contributed by atoms with Gasteiger partial charge in [0, 0.05) is 58.6 Å². The first kappa shape index (κ1) is 30.5. The number of amides is 1. The van der Waals surface area contributed by atoms with Gasteiger partial charge in [-0.2, -0.15) is 21.3 Å². The summed E-state index contributed by atoms with van der Waals surface area (Å²) in [6.45, 7) is 1.01. The number of ether oxygens (including phenoxy) is 2. The second-order valence-corrected chi connectivity index (χ2v) is 14.7. The van der Waals surface area contributed by atoms with Crippen LogP contribution in [0, 0.1) is 0 Å². The molecule has 4 rings (SSSR count). The number of benzene rings is 1. The van der Waals surface area contributed by atoms with Crippen molar-refractivity contribution in [2.75, 3.05) is 40.3 Å².